The van der Waals surface area contributed by atoms with Gasteiger partial charge in [0, 0.05) is 37.0 Å². The predicted octanol–water partition coefficient (Wildman–Crippen LogP) is 2.13. The summed E-state index contributed by atoms with van der Waals surface area (Å²) in [6.45, 7) is 6.82. The molecular formula is C18H27N3O2S. The Hall–Kier alpha value is -1.40. The molecule has 1 amide bonds. The van der Waals surface area contributed by atoms with E-state index in [0.29, 0.717) is 0 Å². The third-order valence-corrected chi connectivity index (χ3v) is 6.13. The number of piperazine rings is 1. The highest BCUT2D eigenvalue weighted by Gasteiger charge is 2.39. The van der Waals surface area contributed by atoms with Crippen molar-refractivity contribution in [2.75, 3.05) is 50.3 Å². The lowest BCUT2D eigenvalue weighted by Crippen LogP contribution is -2.62. The van der Waals surface area contributed by atoms with Crippen molar-refractivity contribution in [2.45, 2.75) is 25.4 Å². The third kappa shape index (κ3) is 3.35. The van der Waals surface area contributed by atoms with E-state index in [-0.39, 0.29) is 17.5 Å². The third-order valence-electron chi connectivity index (χ3n) is 4.99. The number of anilines is 1. The zero-order chi connectivity index (χ0) is 17.3. The van der Waals surface area contributed by atoms with Crippen molar-refractivity contribution < 1.29 is 9.53 Å². The Labute approximate surface area is 148 Å². The van der Waals surface area contributed by atoms with Gasteiger partial charge in [-0.15, -0.1) is 11.8 Å². The molecule has 5 nitrogen and oxygen atoms in total. The highest BCUT2D eigenvalue weighted by molar-refractivity contribution is 7.99. The van der Waals surface area contributed by atoms with E-state index in [0.717, 1.165) is 37.0 Å². The summed E-state index contributed by atoms with van der Waals surface area (Å²) in [5, 5.41) is 0. The number of hydrogen-bond acceptors (Lipinski definition) is 5. The standard InChI is InChI=1S/C18H27N3O2S/c1-18(2)12-20(17(22)16-11-24-13-19(16)3)9-10-21(18)14-5-7-15(23-4)8-6-14/h5-8,16H,9-13H2,1-4H3/t16-/m0/s1. The minimum absolute atomic E-state index is 0.0401. The fourth-order valence-corrected chi connectivity index (χ4v) is 4.77. The van der Waals surface area contributed by atoms with Gasteiger partial charge in [0.25, 0.3) is 0 Å². The quantitative estimate of drug-likeness (QED) is 0.835. The van der Waals surface area contributed by atoms with Crippen LogP contribution < -0.4 is 9.64 Å². The zero-order valence-electron chi connectivity index (χ0n) is 15.0. The average molecular weight is 350 g/mol. The topological polar surface area (TPSA) is 36.0 Å². The highest BCUT2D eigenvalue weighted by atomic mass is 32.2. The van der Waals surface area contributed by atoms with Crippen molar-refractivity contribution in [1.82, 2.24) is 9.80 Å². The van der Waals surface area contributed by atoms with Gasteiger partial charge in [-0.2, -0.15) is 0 Å². The molecule has 0 aliphatic carbocycles. The maximum absolute atomic E-state index is 12.9. The molecule has 6 heteroatoms. The number of thioether (sulfide) groups is 1. The first kappa shape index (κ1) is 17.4. The average Bonchev–Trinajstić information content (AvgIpc) is 2.99. The molecule has 0 aromatic heterocycles. The molecule has 2 heterocycles. The Morgan fingerprint density at radius 1 is 1.25 bits per heavy atom. The second-order valence-electron chi connectivity index (χ2n) is 7.19. The Balaban J connectivity index is 1.71. The van der Waals surface area contributed by atoms with Gasteiger partial charge in [0.05, 0.1) is 18.7 Å². The maximum atomic E-state index is 12.9. The molecule has 2 fully saturated rings. The Morgan fingerprint density at radius 2 is 1.96 bits per heavy atom. The van der Waals surface area contributed by atoms with Crippen molar-refractivity contribution in [2.24, 2.45) is 0 Å². The van der Waals surface area contributed by atoms with E-state index >= 15 is 0 Å². The molecule has 1 atom stereocenters. The van der Waals surface area contributed by atoms with Crippen LogP contribution in [0.4, 0.5) is 5.69 Å². The van der Waals surface area contributed by atoms with Gasteiger partial charge in [0.2, 0.25) is 5.91 Å². The summed E-state index contributed by atoms with van der Waals surface area (Å²) in [6.07, 6.45) is 0. The molecule has 2 aliphatic rings. The van der Waals surface area contributed by atoms with E-state index in [1.54, 1.807) is 7.11 Å². The lowest BCUT2D eigenvalue weighted by atomic mass is 9.97. The normalized spacial score (nSPS) is 24.2. The number of carbonyl (C=O) groups is 1. The molecule has 0 unspecified atom stereocenters. The number of methoxy groups -OCH3 is 1. The summed E-state index contributed by atoms with van der Waals surface area (Å²) >= 11 is 1.84. The van der Waals surface area contributed by atoms with E-state index in [1.165, 1.54) is 5.69 Å². The summed E-state index contributed by atoms with van der Waals surface area (Å²) in [5.74, 6) is 3.01. The summed E-state index contributed by atoms with van der Waals surface area (Å²) in [5.41, 5.74) is 1.09. The van der Waals surface area contributed by atoms with Crippen LogP contribution in [0.3, 0.4) is 0 Å². The van der Waals surface area contributed by atoms with Gasteiger partial charge < -0.3 is 14.5 Å². The molecule has 0 spiro atoms. The second kappa shape index (κ2) is 6.84. The minimum atomic E-state index is -0.0905. The van der Waals surface area contributed by atoms with Crippen LogP contribution in [0.15, 0.2) is 24.3 Å². The lowest BCUT2D eigenvalue weighted by Gasteiger charge is -2.49. The number of likely N-dealkylation sites (N-methyl/N-ethyl adjacent to an activating group) is 1. The van der Waals surface area contributed by atoms with E-state index in [1.807, 2.05) is 35.8 Å². The molecule has 0 radical (unpaired) electrons. The van der Waals surface area contributed by atoms with Gasteiger partial charge in [-0.1, -0.05) is 0 Å². The molecule has 132 valence electrons. The van der Waals surface area contributed by atoms with E-state index < -0.39 is 0 Å². The van der Waals surface area contributed by atoms with Crippen LogP contribution in [-0.4, -0.2) is 72.7 Å². The Bertz CT molecular complexity index is 590. The number of hydrogen-bond donors (Lipinski definition) is 0. The molecule has 24 heavy (non-hydrogen) atoms. The SMILES string of the molecule is COc1ccc(N2CCN(C(=O)[C@@H]3CSCN3C)CC2(C)C)cc1. The van der Waals surface area contributed by atoms with Gasteiger partial charge in [0.1, 0.15) is 5.75 Å². The van der Waals surface area contributed by atoms with Gasteiger partial charge in [-0.25, -0.2) is 0 Å². The van der Waals surface area contributed by atoms with Crippen LogP contribution in [0.2, 0.25) is 0 Å². The first-order chi connectivity index (χ1) is 11.4. The number of amides is 1. The number of ether oxygens (including phenoxy) is 1. The van der Waals surface area contributed by atoms with E-state index in [9.17, 15) is 4.79 Å². The van der Waals surface area contributed by atoms with Gasteiger partial charge in [-0.3, -0.25) is 9.69 Å². The van der Waals surface area contributed by atoms with Gasteiger partial charge >= 0.3 is 0 Å². The second-order valence-corrected chi connectivity index (χ2v) is 8.19. The van der Waals surface area contributed by atoms with Crippen molar-refractivity contribution in [1.29, 1.82) is 0 Å². The monoisotopic (exact) mass is 349 g/mol. The Morgan fingerprint density at radius 3 is 2.50 bits per heavy atom. The molecule has 1 aromatic rings. The summed E-state index contributed by atoms with van der Waals surface area (Å²) in [7, 11) is 3.73. The highest BCUT2D eigenvalue weighted by Crippen LogP contribution is 2.30. The van der Waals surface area contributed by atoms with Gasteiger partial charge in [-0.05, 0) is 45.2 Å². The van der Waals surface area contributed by atoms with Crippen molar-refractivity contribution >= 4 is 23.4 Å². The molecule has 0 saturated carbocycles. The van der Waals surface area contributed by atoms with Crippen LogP contribution in [-0.2, 0) is 4.79 Å². The number of rotatable bonds is 3. The molecule has 1 aromatic carbocycles. The molecule has 0 N–H and O–H groups in total. The van der Waals surface area contributed by atoms with Crippen LogP contribution in [0, 0.1) is 0 Å². The van der Waals surface area contributed by atoms with Crippen molar-refractivity contribution in [3.8, 4) is 5.75 Å². The van der Waals surface area contributed by atoms with Gasteiger partial charge in [0.15, 0.2) is 0 Å². The van der Waals surface area contributed by atoms with E-state index in [2.05, 4.69) is 35.8 Å². The zero-order valence-corrected chi connectivity index (χ0v) is 15.8. The summed E-state index contributed by atoms with van der Waals surface area (Å²) in [4.78, 5) is 19.5. The summed E-state index contributed by atoms with van der Waals surface area (Å²) < 4.78 is 5.25. The smallest absolute Gasteiger partial charge is 0.240 e. The van der Waals surface area contributed by atoms with Crippen LogP contribution in [0.5, 0.6) is 5.75 Å². The Kier molecular flexibility index (Phi) is 4.97. The molecule has 0 bridgehead atoms. The van der Waals surface area contributed by atoms with Crippen LogP contribution >= 0.6 is 11.8 Å². The maximum Gasteiger partial charge on any atom is 0.240 e. The first-order valence-electron chi connectivity index (χ1n) is 8.41. The predicted molar refractivity (Wildman–Crippen MR) is 99.9 cm³/mol. The lowest BCUT2D eigenvalue weighted by molar-refractivity contribution is -0.136. The number of nitrogens with zero attached hydrogens (tertiary/aromatic N) is 3. The number of carbonyl (C=O) groups excluding carboxylic acids is 1. The molecule has 2 aliphatic heterocycles. The molecular weight excluding hydrogens is 322 g/mol. The number of benzene rings is 1. The fraction of sp³-hybridized carbons (Fsp3) is 0.611. The first-order valence-corrected chi connectivity index (χ1v) is 9.56. The largest absolute Gasteiger partial charge is 0.497 e. The molecule has 2 saturated heterocycles. The summed E-state index contributed by atoms with van der Waals surface area (Å²) in [6, 6.07) is 8.22. The van der Waals surface area contributed by atoms with E-state index in [4.69, 9.17) is 4.74 Å². The fourth-order valence-electron chi connectivity index (χ4n) is 3.58. The van der Waals surface area contributed by atoms with Crippen LogP contribution in [0.25, 0.3) is 0 Å². The van der Waals surface area contributed by atoms with Crippen molar-refractivity contribution in [3.63, 3.8) is 0 Å². The van der Waals surface area contributed by atoms with Crippen LogP contribution in [0.1, 0.15) is 13.8 Å². The minimum Gasteiger partial charge on any atom is -0.497 e. The van der Waals surface area contributed by atoms with Crippen molar-refractivity contribution in [3.05, 3.63) is 24.3 Å². The molecule has 3 rings (SSSR count).